The highest BCUT2D eigenvalue weighted by atomic mass is 79.9. The molecular formula is C3H3BrN2S. The third-order valence-electron chi connectivity index (χ3n) is 0.521. The molecule has 1 heterocycles. The lowest BCUT2D eigenvalue weighted by molar-refractivity contribution is 1.24. The van der Waals surface area contributed by atoms with Gasteiger partial charge in [-0.2, -0.15) is 4.37 Å². The lowest BCUT2D eigenvalue weighted by Crippen LogP contribution is -1.66. The first-order chi connectivity index (χ1) is 3.43. The second kappa shape index (κ2) is 2.37. The van der Waals surface area contributed by atoms with Gasteiger partial charge in [-0.15, -0.1) is 0 Å². The van der Waals surface area contributed by atoms with Gasteiger partial charge in [0, 0.05) is 0 Å². The summed E-state index contributed by atoms with van der Waals surface area (Å²) in [6, 6.07) is 0. The zero-order chi connectivity index (χ0) is 5.11. The van der Waals surface area contributed by atoms with Crippen molar-refractivity contribution in [1.29, 1.82) is 0 Å². The Morgan fingerprint density at radius 3 is 3.00 bits per heavy atom. The molecule has 0 aliphatic heterocycles. The number of aromatic nitrogens is 2. The van der Waals surface area contributed by atoms with Gasteiger partial charge in [-0.1, -0.05) is 15.9 Å². The minimum absolute atomic E-state index is 0.817. The van der Waals surface area contributed by atoms with Crippen LogP contribution in [-0.4, -0.2) is 9.36 Å². The molecule has 0 radical (unpaired) electrons. The van der Waals surface area contributed by atoms with E-state index in [2.05, 4.69) is 25.3 Å². The lowest BCUT2D eigenvalue weighted by Gasteiger charge is -1.73. The van der Waals surface area contributed by atoms with Gasteiger partial charge in [0.25, 0.3) is 0 Å². The van der Waals surface area contributed by atoms with Gasteiger partial charge in [-0.25, -0.2) is 4.98 Å². The number of nitrogens with zero attached hydrogens (tertiary/aromatic N) is 2. The molecule has 7 heavy (non-hydrogen) atoms. The van der Waals surface area contributed by atoms with Crippen LogP contribution in [0.2, 0.25) is 0 Å². The number of hydrogen-bond acceptors (Lipinski definition) is 3. The molecule has 0 fully saturated rings. The number of hydrogen-bond donors (Lipinski definition) is 0. The Labute approximate surface area is 53.9 Å². The topological polar surface area (TPSA) is 25.8 Å². The molecule has 0 saturated heterocycles. The zero-order valence-corrected chi connectivity index (χ0v) is 5.87. The Morgan fingerprint density at radius 2 is 2.71 bits per heavy atom. The third-order valence-corrected chi connectivity index (χ3v) is 2.08. The van der Waals surface area contributed by atoms with Crippen LogP contribution in [0, 0.1) is 0 Å². The van der Waals surface area contributed by atoms with Crippen molar-refractivity contribution in [2.24, 2.45) is 0 Å². The summed E-state index contributed by atoms with van der Waals surface area (Å²) in [6.07, 6.45) is 1.56. The number of rotatable bonds is 1. The average molecular weight is 179 g/mol. The molecule has 0 bridgehead atoms. The largest absolute Gasteiger partial charge is 0.227 e. The van der Waals surface area contributed by atoms with Gasteiger partial charge in [-0.05, 0) is 11.5 Å². The molecule has 1 aromatic rings. The van der Waals surface area contributed by atoms with E-state index >= 15 is 0 Å². The summed E-state index contributed by atoms with van der Waals surface area (Å²) < 4.78 is 3.79. The van der Waals surface area contributed by atoms with Crippen molar-refractivity contribution in [3.8, 4) is 0 Å². The number of alkyl halides is 1. The van der Waals surface area contributed by atoms with E-state index in [1.54, 1.807) is 6.33 Å². The number of halogens is 1. The SMILES string of the molecule is BrCc1ncns1. The molecule has 0 aliphatic rings. The van der Waals surface area contributed by atoms with E-state index in [9.17, 15) is 0 Å². The van der Waals surface area contributed by atoms with Crippen molar-refractivity contribution in [3.05, 3.63) is 11.3 Å². The monoisotopic (exact) mass is 178 g/mol. The fourth-order valence-corrected chi connectivity index (χ4v) is 1.07. The minimum atomic E-state index is 0.817. The van der Waals surface area contributed by atoms with Gasteiger partial charge in [0.15, 0.2) is 0 Å². The highest BCUT2D eigenvalue weighted by Crippen LogP contribution is 2.03. The molecule has 0 spiro atoms. The summed E-state index contributed by atoms with van der Waals surface area (Å²) in [5.74, 6) is 0. The summed E-state index contributed by atoms with van der Waals surface area (Å²) in [6.45, 7) is 0. The summed E-state index contributed by atoms with van der Waals surface area (Å²) >= 11 is 4.66. The van der Waals surface area contributed by atoms with Crippen molar-refractivity contribution >= 4 is 27.5 Å². The van der Waals surface area contributed by atoms with Crippen molar-refractivity contribution < 1.29 is 0 Å². The van der Waals surface area contributed by atoms with Crippen molar-refractivity contribution in [2.75, 3.05) is 0 Å². The van der Waals surface area contributed by atoms with E-state index in [-0.39, 0.29) is 0 Å². The van der Waals surface area contributed by atoms with Crippen LogP contribution in [0.1, 0.15) is 5.01 Å². The van der Waals surface area contributed by atoms with Crippen LogP contribution < -0.4 is 0 Å². The van der Waals surface area contributed by atoms with Crippen LogP contribution in [0.5, 0.6) is 0 Å². The lowest BCUT2D eigenvalue weighted by atomic mass is 10.8. The second-order valence-electron chi connectivity index (χ2n) is 0.969. The van der Waals surface area contributed by atoms with Gasteiger partial charge in [0.1, 0.15) is 11.3 Å². The Bertz CT molecular complexity index is 127. The standard InChI is InChI=1S/C3H3BrN2S/c4-1-3-5-2-6-7-3/h2H,1H2. The van der Waals surface area contributed by atoms with E-state index in [0.29, 0.717) is 0 Å². The van der Waals surface area contributed by atoms with Gasteiger partial charge in [0.2, 0.25) is 0 Å². The fourth-order valence-electron chi connectivity index (χ4n) is 0.255. The van der Waals surface area contributed by atoms with Gasteiger partial charge in [0.05, 0.1) is 5.33 Å². The summed E-state index contributed by atoms with van der Waals surface area (Å²) in [5, 5.41) is 1.84. The molecule has 0 aliphatic carbocycles. The van der Waals surface area contributed by atoms with E-state index in [4.69, 9.17) is 0 Å². The van der Waals surface area contributed by atoms with Crippen LogP contribution in [0.15, 0.2) is 6.33 Å². The van der Waals surface area contributed by atoms with Gasteiger partial charge in [-0.3, -0.25) is 0 Å². The van der Waals surface area contributed by atoms with Crippen LogP contribution in [0.3, 0.4) is 0 Å². The average Bonchev–Trinajstić information content (AvgIpc) is 2.14. The highest BCUT2D eigenvalue weighted by Gasteiger charge is 1.87. The zero-order valence-electron chi connectivity index (χ0n) is 3.47. The van der Waals surface area contributed by atoms with Crippen LogP contribution in [0.25, 0.3) is 0 Å². The fraction of sp³-hybridized carbons (Fsp3) is 0.333. The second-order valence-corrected chi connectivity index (χ2v) is 2.39. The molecule has 0 unspecified atom stereocenters. The predicted molar refractivity (Wildman–Crippen MR) is 32.5 cm³/mol. The molecule has 0 amide bonds. The smallest absolute Gasteiger partial charge is 0.129 e. The Hall–Kier alpha value is 0.0400. The first-order valence-electron chi connectivity index (χ1n) is 1.75. The summed E-state index contributed by atoms with van der Waals surface area (Å²) in [4.78, 5) is 3.90. The molecule has 1 rings (SSSR count). The van der Waals surface area contributed by atoms with Gasteiger partial charge >= 0.3 is 0 Å². The van der Waals surface area contributed by atoms with E-state index < -0.39 is 0 Å². The molecule has 0 aromatic carbocycles. The molecule has 0 saturated carbocycles. The quantitative estimate of drug-likeness (QED) is 0.609. The van der Waals surface area contributed by atoms with E-state index in [0.717, 1.165) is 10.3 Å². The van der Waals surface area contributed by atoms with E-state index in [1.807, 2.05) is 0 Å². The molecule has 0 N–H and O–H groups in total. The van der Waals surface area contributed by atoms with Crippen LogP contribution >= 0.6 is 27.5 Å². The Balaban J connectivity index is 2.76. The molecule has 2 nitrogen and oxygen atoms in total. The summed E-state index contributed by atoms with van der Waals surface area (Å²) in [5.41, 5.74) is 0. The molecular weight excluding hydrogens is 176 g/mol. The Morgan fingerprint density at radius 1 is 1.86 bits per heavy atom. The van der Waals surface area contributed by atoms with Gasteiger partial charge < -0.3 is 0 Å². The van der Waals surface area contributed by atoms with Crippen molar-refractivity contribution in [1.82, 2.24) is 9.36 Å². The first kappa shape index (κ1) is 5.18. The normalized spacial score (nSPS) is 9.29. The summed E-state index contributed by atoms with van der Waals surface area (Å²) in [7, 11) is 0. The maximum Gasteiger partial charge on any atom is 0.129 e. The van der Waals surface area contributed by atoms with Crippen LogP contribution in [0.4, 0.5) is 0 Å². The minimum Gasteiger partial charge on any atom is -0.227 e. The third kappa shape index (κ3) is 1.21. The molecule has 38 valence electrons. The highest BCUT2D eigenvalue weighted by molar-refractivity contribution is 9.08. The maximum atomic E-state index is 3.90. The van der Waals surface area contributed by atoms with Crippen LogP contribution in [-0.2, 0) is 5.33 Å². The predicted octanol–water partition coefficient (Wildman–Crippen LogP) is 1.43. The van der Waals surface area contributed by atoms with Crippen molar-refractivity contribution in [2.45, 2.75) is 5.33 Å². The maximum absolute atomic E-state index is 3.90. The Kier molecular flexibility index (Phi) is 1.76. The van der Waals surface area contributed by atoms with E-state index in [1.165, 1.54) is 11.5 Å². The van der Waals surface area contributed by atoms with Crippen molar-refractivity contribution in [3.63, 3.8) is 0 Å². The molecule has 4 heteroatoms. The molecule has 1 aromatic heterocycles. The first-order valence-corrected chi connectivity index (χ1v) is 3.64. The molecule has 0 atom stereocenters.